The molecular formula is C27H26FN3O2S. The van der Waals surface area contributed by atoms with E-state index in [1.165, 1.54) is 17.8 Å². The summed E-state index contributed by atoms with van der Waals surface area (Å²) in [6.07, 6.45) is 0. The number of rotatable bonds is 3. The Kier molecular flexibility index (Phi) is 5.60. The second kappa shape index (κ2) is 8.47. The molecule has 3 aromatic carbocycles. The van der Waals surface area contributed by atoms with Crippen LogP contribution < -0.4 is 10.2 Å². The monoisotopic (exact) mass is 475 g/mol. The maximum absolute atomic E-state index is 14.5. The molecule has 34 heavy (non-hydrogen) atoms. The van der Waals surface area contributed by atoms with Crippen molar-refractivity contribution in [3.8, 4) is 0 Å². The first-order valence-electron chi connectivity index (χ1n) is 11.3. The number of aryl methyl sites for hydroxylation is 3. The first kappa shape index (κ1) is 22.5. The summed E-state index contributed by atoms with van der Waals surface area (Å²) in [6, 6.07) is 17.8. The SMILES string of the molecule is Cc1ccc2c(c1)[C@]1(SCCN1C(=O)Nc1ccc(C)c(C)c1)C(=O)N2Cc1ccccc1F. The van der Waals surface area contributed by atoms with Crippen LogP contribution in [0.3, 0.4) is 0 Å². The van der Waals surface area contributed by atoms with Crippen molar-refractivity contribution in [2.75, 3.05) is 22.5 Å². The molecule has 0 aromatic heterocycles. The summed E-state index contributed by atoms with van der Waals surface area (Å²) >= 11 is 1.46. The minimum atomic E-state index is -1.17. The summed E-state index contributed by atoms with van der Waals surface area (Å²) in [5.74, 6) is 0.0647. The normalized spacial score (nSPS) is 19.1. The van der Waals surface area contributed by atoms with Crippen LogP contribution in [-0.4, -0.2) is 29.1 Å². The molecule has 1 fully saturated rings. The molecule has 1 spiro atoms. The van der Waals surface area contributed by atoms with Gasteiger partial charge in [-0.2, -0.15) is 0 Å². The molecule has 1 saturated heterocycles. The highest BCUT2D eigenvalue weighted by atomic mass is 32.2. The molecule has 2 heterocycles. The molecule has 1 atom stereocenters. The van der Waals surface area contributed by atoms with Crippen molar-refractivity contribution in [1.82, 2.24) is 4.90 Å². The molecule has 0 bridgehead atoms. The Balaban J connectivity index is 1.53. The maximum Gasteiger partial charge on any atom is 0.323 e. The highest BCUT2D eigenvalue weighted by molar-refractivity contribution is 8.01. The molecule has 5 nitrogen and oxygen atoms in total. The number of carbonyl (C=O) groups excluding carboxylic acids is 2. The Morgan fingerprint density at radius 3 is 2.62 bits per heavy atom. The zero-order valence-corrected chi connectivity index (χ0v) is 20.2. The van der Waals surface area contributed by atoms with Crippen LogP contribution in [0.5, 0.6) is 0 Å². The Morgan fingerprint density at radius 2 is 1.85 bits per heavy atom. The van der Waals surface area contributed by atoms with Crippen LogP contribution in [0.25, 0.3) is 0 Å². The first-order chi connectivity index (χ1) is 16.3. The number of nitrogens with one attached hydrogen (secondary N) is 1. The molecule has 2 aliphatic heterocycles. The first-order valence-corrected chi connectivity index (χ1v) is 12.3. The Hall–Kier alpha value is -3.32. The fourth-order valence-electron chi connectivity index (χ4n) is 4.69. The van der Waals surface area contributed by atoms with Gasteiger partial charge >= 0.3 is 6.03 Å². The van der Waals surface area contributed by atoms with Gasteiger partial charge < -0.3 is 10.2 Å². The van der Waals surface area contributed by atoms with Gasteiger partial charge in [-0.15, -0.1) is 11.8 Å². The predicted octanol–water partition coefficient (Wildman–Crippen LogP) is 5.73. The number of hydrogen-bond donors (Lipinski definition) is 1. The fourth-order valence-corrected chi connectivity index (χ4v) is 6.15. The van der Waals surface area contributed by atoms with E-state index >= 15 is 0 Å². The zero-order valence-electron chi connectivity index (χ0n) is 19.4. The van der Waals surface area contributed by atoms with Crippen molar-refractivity contribution in [2.24, 2.45) is 0 Å². The number of urea groups is 1. The van der Waals surface area contributed by atoms with Gasteiger partial charge in [0.25, 0.3) is 5.91 Å². The molecule has 1 N–H and O–H groups in total. The average molecular weight is 476 g/mol. The van der Waals surface area contributed by atoms with E-state index in [9.17, 15) is 14.0 Å². The Morgan fingerprint density at radius 1 is 1.06 bits per heavy atom. The van der Waals surface area contributed by atoms with E-state index in [0.717, 1.165) is 27.9 Å². The van der Waals surface area contributed by atoms with E-state index in [4.69, 9.17) is 0 Å². The molecule has 2 aliphatic rings. The number of anilines is 2. The van der Waals surface area contributed by atoms with Gasteiger partial charge in [0.05, 0.1) is 12.2 Å². The number of halogens is 1. The standard InChI is InChI=1S/C27H26FN3O2S/c1-17-8-11-24-22(14-17)27(25(32)30(24)16-20-6-4-5-7-23(20)28)31(12-13-34-27)26(33)29-21-10-9-18(2)19(3)15-21/h4-11,14-15H,12-13,16H2,1-3H3,(H,29,33)/t27-/m0/s1. The third kappa shape index (κ3) is 3.55. The fraction of sp³-hybridized carbons (Fsp3) is 0.259. The number of nitrogens with zero attached hydrogens (tertiary/aromatic N) is 2. The molecule has 0 unspecified atom stereocenters. The number of fused-ring (bicyclic) bond motifs is 2. The van der Waals surface area contributed by atoms with Gasteiger partial charge in [0.1, 0.15) is 5.82 Å². The van der Waals surface area contributed by atoms with Gasteiger partial charge in [-0.05, 0) is 56.2 Å². The second-order valence-corrected chi connectivity index (χ2v) is 10.2. The average Bonchev–Trinajstić information content (AvgIpc) is 3.35. The number of hydrogen-bond acceptors (Lipinski definition) is 3. The molecular weight excluding hydrogens is 449 g/mol. The molecule has 3 aromatic rings. The van der Waals surface area contributed by atoms with Crippen LogP contribution in [0.1, 0.15) is 27.8 Å². The largest absolute Gasteiger partial charge is 0.323 e. The van der Waals surface area contributed by atoms with E-state index in [1.54, 1.807) is 28.0 Å². The van der Waals surface area contributed by atoms with Crippen LogP contribution in [0.2, 0.25) is 0 Å². The summed E-state index contributed by atoms with van der Waals surface area (Å²) in [5, 5.41) is 2.99. The van der Waals surface area contributed by atoms with Crippen LogP contribution in [-0.2, 0) is 16.2 Å². The quantitative estimate of drug-likeness (QED) is 0.526. The maximum atomic E-state index is 14.5. The molecule has 0 aliphatic carbocycles. The Labute approximate surface area is 202 Å². The topological polar surface area (TPSA) is 52.7 Å². The van der Waals surface area contributed by atoms with Crippen LogP contribution >= 0.6 is 11.8 Å². The highest BCUT2D eigenvalue weighted by Gasteiger charge is 2.59. The molecule has 174 valence electrons. The van der Waals surface area contributed by atoms with Crippen molar-refractivity contribution < 1.29 is 14.0 Å². The van der Waals surface area contributed by atoms with E-state index in [1.807, 2.05) is 57.2 Å². The summed E-state index contributed by atoms with van der Waals surface area (Å²) in [7, 11) is 0. The van der Waals surface area contributed by atoms with Crippen LogP contribution in [0, 0.1) is 26.6 Å². The molecule has 0 radical (unpaired) electrons. The van der Waals surface area contributed by atoms with Crippen LogP contribution in [0.4, 0.5) is 20.6 Å². The molecule has 7 heteroatoms. The second-order valence-electron chi connectivity index (χ2n) is 8.88. The van der Waals surface area contributed by atoms with Gasteiger partial charge in [0, 0.05) is 29.1 Å². The van der Waals surface area contributed by atoms with Gasteiger partial charge in [0.2, 0.25) is 0 Å². The number of thioether (sulfide) groups is 1. The van der Waals surface area contributed by atoms with Gasteiger partial charge in [0.15, 0.2) is 4.87 Å². The number of amides is 3. The molecule has 5 rings (SSSR count). The van der Waals surface area contributed by atoms with E-state index in [2.05, 4.69) is 5.32 Å². The summed E-state index contributed by atoms with van der Waals surface area (Å²) in [5.41, 5.74) is 5.86. The number of benzene rings is 3. The van der Waals surface area contributed by atoms with E-state index < -0.39 is 4.87 Å². The third-order valence-electron chi connectivity index (χ3n) is 6.64. The lowest BCUT2D eigenvalue weighted by atomic mass is 10.0. The van der Waals surface area contributed by atoms with E-state index in [-0.39, 0.29) is 24.3 Å². The lowest BCUT2D eigenvalue weighted by Crippen LogP contribution is -2.51. The van der Waals surface area contributed by atoms with E-state index in [0.29, 0.717) is 23.5 Å². The molecule has 3 amide bonds. The van der Waals surface area contributed by atoms with Crippen molar-refractivity contribution in [1.29, 1.82) is 0 Å². The van der Waals surface area contributed by atoms with Crippen molar-refractivity contribution in [3.05, 3.63) is 94.3 Å². The minimum Gasteiger partial charge on any atom is -0.308 e. The lowest BCUT2D eigenvalue weighted by Gasteiger charge is -2.33. The van der Waals surface area contributed by atoms with Crippen molar-refractivity contribution in [2.45, 2.75) is 32.2 Å². The predicted molar refractivity (Wildman–Crippen MR) is 135 cm³/mol. The van der Waals surface area contributed by atoms with Gasteiger partial charge in [-0.25, -0.2) is 9.18 Å². The van der Waals surface area contributed by atoms with Gasteiger partial charge in [-0.3, -0.25) is 9.69 Å². The highest BCUT2D eigenvalue weighted by Crippen LogP contribution is 2.54. The summed E-state index contributed by atoms with van der Waals surface area (Å²) in [4.78, 5) is 29.6. The third-order valence-corrected chi connectivity index (χ3v) is 8.06. The smallest absolute Gasteiger partial charge is 0.308 e. The number of carbonyl (C=O) groups is 2. The van der Waals surface area contributed by atoms with Crippen molar-refractivity contribution >= 4 is 35.1 Å². The zero-order chi connectivity index (χ0) is 24.0. The Bertz CT molecular complexity index is 1310. The summed E-state index contributed by atoms with van der Waals surface area (Å²) < 4.78 is 14.5. The molecule has 0 saturated carbocycles. The van der Waals surface area contributed by atoms with Gasteiger partial charge in [-0.1, -0.05) is 42.0 Å². The van der Waals surface area contributed by atoms with Crippen LogP contribution in [0.15, 0.2) is 60.7 Å². The lowest BCUT2D eigenvalue weighted by molar-refractivity contribution is -0.123. The summed E-state index contributed by atoms with van der Waals surface area (Å²) in [6.45, 7) is 6.54. The minimum absolute atomic E-state index is 0.108. The van der Waals surface area contributed by atoms with Crippen molar-refractivity contribution in [3.63, 3.8) is 0 Å².